The molecule has 1 aliphatic heterocycles. The molecule has 1 unspecified atom stereocenters. The smallest absolute Gasteiger partial charge is 0.326 e. The zero-order chi connectivity index (χ0) is 15.2. The van der Waals surface area contributed by atoms with Gasteiger partial charge in [0, 0.05) is 24.7 Å². The van der Waals surface area contributed by atoms with Crippen LogP contribution in [0.5, 0.6) is 0 Å². The van der Waals surface area contributed by atoms with Crippen molar-refractivity contribution in [2.45, 2.75) is 17.5 Å². The molecule has 112 valence electrons. The lowest BCUT2D eigenvalue weighted by atomic mass is 10.0. The van der Waals surface area contributed by atoms with E-state index in [2.05, 4.69) is 4.98 Å². The van der Waals surface area contributed by atoms with Crippen LogP contribution in [0.3, 0.4) is 0 Å². The summed E-state index contributed by atoms with van der Waals surface area (Å²) < 4.78 is 27.8. The molecule has 21 heavy (non-hydrogen) atoms. The molecule has 0 fully saturated rings. The van der Waals surface area contributed by atoms with Gasteiger partial charge in [0.25, 0.3) is 10.0 Å². The standard InChI is InChI=1S/C12H13N3O4S2/c1-14-6-10(13-7-14)21(18,19)15-4-2-9-8(3-5-20-9)11(15)12(16)17/h3,5-7,11H,2,4H2,1H3,(H,16,17). The molecule has 9 heteroatoms. The first-order chi connectivity index (χ1) is 9.91. The monoisotopic (exact) mass is 327 g/mol. The van der Waals surface area contributed by atoms with Crippen molar-refractivity contribution in [2.24, 2.45) is 7.05 Å². The summed E-state index contributed by atoms with van der Waals surface area (Å²) in [6.45, 7) is 0.142. The van der Waals surface area contributed by atoms with Crippen molar-refractivity contribution in [3.63, 3.8) is 0 Å². The minimum Gasteiger partial charge on any atom is -0.480 e. The number of imidazole rings is 1. The molecule has 0 bridgehead atoms. The summed E-state index contributed by atoms with van der Waals surface area (Å²) in [4.78, 5) is 16.4. The molecule has 7 nitrogen and oxygen atoms in total. The largest absolute Gasteiger partial charge is 0.480 e. The quantitative estimate of drug-likeness (QED) is 0.902. The van der Waals surface area contributed by atoms with E-state index in [4.69, 9.17) is 0 Å². The van der Waals surface area contributed by atoms with Crippen LogP contribution in [0.2, 0.25) is 0 Å². The maximum Gasteiger partial charge on any atom is 0.326 e. The summed E-state index contributed by atoms with van der Waals surface area (Å²) in [5.41, 5.74) is 0.554. The molecule has 1 atom stereocenters. The Kier molecular flexibility index (Phi) is 3.34. The van der Waals surface area contributed by atoms with E-state index in [9.17, 15) is 18.3 Å². The number of sulfonamides is 1. The van der Waals surface area contributed by atoms with Gasteiger partial charge in [-0.25, -0.2) is 13.4 Å². The van der Waals surface area contributed by atoms with Crippen molar-refractivity contribution in [3.05, 3.63) is 34.4 Å². The van der Waals surface area contributed by atoms with Crippen LogP contribution in [0.25, 0.3) is 0 Å². The van der Waals surface area contributed by atoms with Crippen LogP contribution in [0.15, 0.2) is 29.0 Å². The third kappa shape index (κ3) is 2.27. The summed E-state index contributed by atoms with van der Waals surface area (Å²) in [7, 11) is -2.27. The third-order valence-electron chi connectivity index (χ3n) is 3.41. The minimum absolute atomic E-state index is 0.130. The maximum atomic E-state index is 12.6. The van der Waals surface area contributed by atoms with Crippen molar-refractivity contribution in [2.75, 3.05) is 6.54 Å². The highest BCUT2D eigenvalue weighted by Crippen LogP contribution is 2.36. The highest BCUT2D eigenvalue weighted by Gasteiger charge is 2.42. The molecular weight excluding hydrogens is 314 g/mol. The first kappa shape index (κ1) is 14.2. The van der Waals surface area contributed by atoms with Crippen molar-refractivity contribution >= 4 is 27.3 Å². The lowest BCUT2D eigenvalue weighted by molar-refractivity contribution is -0.142. The molecule has 2 aromatic rings. The Hall–Kier alpha value is -1.71. The molecule has 0 saturated heterocycles. The number of carboxylic acid groups (broad SMARTS) is 1. The van der Waals surface area contributed by atoms with Gasteiger partial charge in [0.05, 0.1) is 6.33 Å². The second kappa shape index (κ2) is 4.93. The number of aryl methyl sites for hydroxylation is 1. The zero-order valence-electron chi connectivity index (χ0n) is 11.1. The van der Waals surface area contributed by atoms with Gasteiger partial charge < -0.3 is 9.67 Å². The van der Waals surface area contributed by atoms with Crippen LogP contribution < -0.4 is 0 Å². The van der Waals surface area contributed by atoms with Gasteiger partial charge in [-0.05, 0) is 23.4 Å². The SMILES string of the molecule is Cn1cnc(S(=O)(=O)N2CCc3sccc3C2C(=O)O)c1. The molecule has 0 saturated carbocycles. The predicted octanol–water partition coefficient (Wildman–Crippen LogP) is 0.854. The second-order valence-electron chi connectivity index (χ2n) is 4.78. The number of hydrogen-bond acceptors (Lipinski definition) is 5. The Morgan fingerprint density at radius 2 is 2.29 bits per heavy atom. The molecule has 2 aromatic heterocycles. The summed E-state index contributed by atoms with van der Waals surface area (Å²) in [6, 6.07) is 0.491. The molecule has 1 aliphatic rings. The lowest BCUT2D eigenvalue weighted by Gasteiger charge is -2.31. The number of fused-ring (bicyclic) bond motifs is 1. The van der Waals surface area contributed by atoms with E-state index in [1.807, 2.05) is 0 Å². The number of aromatic nitrogens is 2. The van der Waals surface area contributed by atoms with E-state index in [0.717, 1.165) is 9.18 Å². The Labute approximate surface area is 125 Å². The third-order valence-corrected chi connectivity index (χ3v) is 6.16. The van der Waals surface area contributed by atoms with Crippen molar-refractivity contribution in [3.8, 4) is 0 Å². The van der Waals surface area contributed by atoms with E-state index in [-0.39, 0.29) is 11.6 Å². The fourth-order valence-corrected chi connectivity index (χ4v) is 4.89. The molecule has 3 heterocycles. The molecular formula is C12H13N3O4S2. The van der Waals surface area contributed by atoms with Gasteiger partial charge in [0.2, 0.25) is 0 Å². The summed E-state index contributed by atoms with van der Waals surface area (Å²) in [5, 5.41) is 11.1. The Balaban J connectivity index is 2.08. The van der Waals surface area contributed by atoms with E-state index in [1.54, 1.807) is 18.5 Å². The molecule has 0 aliphatic carbocycles. The van der Waals surface area contributed by atoms with Crippen LogP contribution in [0.1, 0.15) is 16.5 Å². The number of nitrogens with zero attached hydrogens (tertiary/aromatic N) is 3. The highest BCUT2D eigenvalue weighted by atomic mass is 32.2. The summed E-state index contributed by atoms with van der Waals surface area (Å²) in [5.74, 6) is -1.17. The topological polar surface area (TPSA) is 92.5 Å². The van der Waals surface area contributed by atoms with Gasteiger partial charge in [-0.2, -0.15) is 4.31 Å². The van der Waals surface area contributed by atoms with E-state index >= 15 is 0 Å². The van der Waals surface area contributed by atoms with Crippen LogP contribution >= 0.6 is 11.3 Å². The molecule has 0 spiro atoms. The number of thiophene rings is 1. The van der Waals surface area contributed by atoms with E-state index < -0.39 is 22.0 Å². The average molecular weight is 327 g/mol. The van der Waals surface area contributed by atoms with Gasteiger partial charge >= 0.3 is 5.97 Å². The van der Waals surface area contributed by atoms with Crippen molar-refractivity contribution in [1.82, 2.24) is 13.9 Å². The van der Waals surface area contributed by atoms with Crippen molar-refractivity contribution in [1.29, 1.82) is 0 Å². The van der Waals surface area contributed by atoms with E-state index in [1.165, 1.54) is 28.4 Å². The van der Waals surface area contributed by atoms with Gasteiger partial charge in [0.15, 0.2) is 5.03 Å². The molecule has 3 rings (SSSR count). The molecule has 1 N–H and O–H groups in total. The minimum atomic E-state index is -3.93. The van der Waals surface area contributed by atoms with Gasteiger partial charge in [-0.15, -0.1) is 11.3 Å². The number of carbonyl (C=O) groups is 1. The van der Waals surface area contributed by atoms with Gasteiger partial charge in [0.1, 0.15) is 6.04 Å². The second-order valence-corrected chi connectivity index (χ2v) is 7.62. The first-order valence-corrected chi connectivity index (χ1v) is 8.52. The maximum absolute atomic E-state index is 12.6. The van der Waals surface area contributed by atoms with Crippen LogP contribution in [-0.4, -0.2) is 39.9 Å². The van der Waals surface area contributed by atoms with E-state index in [0.29, 0.717) is 12.0 Å². The number of aliphatic carboxylic acids is 1. The van der Waals surface area contributed by atoms with Crippen LogP contribution in [0, 0.1) is 0 Å². The molecule has 0 aromatic carbocycles. The van der Waals surface area contributed by atoms with Crippen LogP contribution in [0.4, 0.5) is 0 Å². The predicted molar refractivity (Wildman–Crippen MR) is 75.5 cm³/mol. The lowest BCUT2D eigenvalue weighted by Crippen LogP contribution is -2.43. The number of rotatable bonds is 3. The summed E-state index contributed by atoms with van der Waals surface area (Å²) in [6.07, 6.45) is 3.27. The first-order valence-electron chi connectivity index (χ1n) is 6.20. The fraction of sp³-hybridized carbons (Fsp3) is 0.333. The van der Waals surface area contributed by atoms with Gasteiger partial charge in [-0.3, -0.25) is 4.79 Å². The highest BCUT2D eigenvalue weighted by molar-refractivity contribution is 7.89. The number of carboxylic acids is 1. The number of hydrogen-bond donors (Lipinski definition) is 1. The van der Waals surface area contributed by atoms with Gasteiger partial charge in [-0.1, -0.05) is 0 Å². The Morgan fingerprint density at radius 1 is 1.52 bits per heavy atom. The summed E-state index contributed by atoms with van der Waals surface area (Å²) >= 11 is 1.45. The normalized spacial score (nSPS) is 19.4. The molecule has 0 amide bonds. The molecule has 0 radical (unpaired) electrons. The Bertz CT molecular complexity index is 793. The Morgan fingerprint density at radius 3 is 2.90 bits per heavy atom. The zero-order valence-corrected chi connectivity index (χ0v) is 12.8. The average Bonchev–Trinajstić information content (AvgIpc) is 3.05. The van der Waals surface area contributed by atoms with Crippen LogP contribution in [-0.2, 0) is 28.3 Å². The fourth-order valence-electron chi connectivity index (χ4n) is 2.45. The van der Waals surface area contributed by atoms with Crippen molar-refractivity contribution < 1.29 is 18.3 Å².